The first kappa shape index (κ1) is 20.9. The van der Waals surface area contributed by atoms with Crippen molar-refractivity contribution < 1.29 is 15.0 Å². The number of carbonyl (C=O) groups excluding carboxylic acids is 1. The smallest absolute Gasteiger partial charge is 0.161 e. The Hall–Kier alpha value is -0.120. The Bertz CT molecular complexity index is 244. The monoisotopic (exact) mass is 320 g/mol. The second-order valence-corrected chi connectivity index (χ2v) is 6.44. The first-order valence-corrected chi connectivity index (χ1v) is 9.04. The van der Waals surface area contributed by atoms with Gasteiger partial charge in [0.25, 0.3) is 0 Å². The third-order valence-corrected chi connectivity index (χ3v) is 3.99. The number of Topliss-reactive ketones (excluding diaryl/α,β-unsaturated/α-hetero) is 1. The lowest BCUT2D eigenvalue weighted by Gasteiger charge is -2.10. The lowest BCUT2D eigenvalue weighted by atomic mass is 10.0. The van der Waals surface area contributed by atoms with Crippen LogP contribution in [-0.4, -0.2) is 27.7 Å². The maximum atomic E-state index is 11.5. The molecule has 4 heteroatoms. The van der Waals surface area contributed by atoms with Crippen molar-refractivity contribution >= 4 is 17.4 Å². The molecule has 0 bridgehead atoms. The van der Waals surface area contributed by atoms with Gasteiger partial charge in [-0.2, -0.15) is 0 Å². The third-order valence-electron chi connectivity index (χ3n) is 3.82. The predicted molar refractivity (Wildman–Crippen MR) is 88.6 cm³/mol. The summed E-state index contributed by atoms with van der Waals surface area (Å²) in [5.41, 5.74) is -1.14. The van der Waals surface area contributed by atoms with E-state index >= 15 is 0 Å². The maximum Gasteiger partial charge on any atom is 0.161 e. The largest absolute Gasteiger partial charge is 0.385 e. The Morgan fingerprint density at radius 3 is 1.71 bits per heavy atom. The molecule has 0 heterocycles. The first-order chi connectivity index (χ1) is 10.1. The van der Waals surface area contributed by atoms with Gasteiger partial charge in [0.15, 0.2) is 5.78 Å². The van der Waals surface area contributed by atoms with Crippen LogP contribution in [0.5, 0.6) is 0 Å². The number of aliphatic hydroxyl groups is 2. The van der Waals surface area contributed by atoms with E-state index in [-0.39, 0.29) is 12.2 Å². The zero-order chi connectivity index (χ0) is 15.9. The van der Waals surface area contributed by atoms with Crippen LogP contribution in [0.25, 0.3) is 0 Å². The summed E-state index contributed by atoms with van der Waals surface area (Å²) in [6.45, 7) is 2.24. The Labute approximate surface area is 135 Å². The maximum absolute atomic E-state index is 11.5. The highest BCUT2D eigenvalue weighted by Crippen LogP contribution is 2.13. The zero-order valence-electron chi connectivity index (χ0n) is 13.5. The first-order valence-electron chi connectivity index (χ1n) is 8.60. The van der Waals surface area contributed by atoms with Gasteiger partial charge >= 0.3 is 0 Å². The highest BCUT2D eigenvalue weighted by Gasteiger charge is 2.17. The molecule has 0 aromatic rings. The van der Waals surface area contributed by atoms with Crippen LogP contribution in [0.3, 0.4) is 0 Å². The quantitative estimate of drug-likeness (QED) is 0.343. The molecule has 3 nitrogen and oxygen atoms in total. The topological polar surface area (TPSA) is 57.5 Å². The molecule has 0 radical (unpaired) electrons. The fourth-order valence-corrected chi connectivity index (χ4v) is 2.61. The van der Waals surface area contributed by atoms with Gasteiger partial charge in [-0.15, -0.1) is 0 Å². The molecule has 0 amide bonds. The van der Waals surface area contributed by atoms with Crippen LogP contribution in [0.1, 0.15) is 90.4 Å². The van der Waals surface area contributed by atoms with E-state index < -0.39 is 11.7 Å². The molecule has 0 saturated carbocycles. The predicted octanol–water partition coefficient (Wildman–Crippen LogP) is 4.56. The van der Waals surface area contributed by atoms with Gasteiger partial charge in [-0.1, -0.05) is 82.7 Å². The number of halogens is 1. The van der Waals surface area contributed by atoms with Crippen LogP contribution in [0.2, 0.25) is 0 Å². The molecule has 0 aromatic carbocycles. The molecule has 0 aliphatic rings. The molecule has 126 valence electrons. The van der Waals surface area contributed by atoms with E-state index in [1.54, 1.807) is 0 Å². The van der Waals surface area contributed by atoms with E-state index in [0.717, 1.165) is 19.3 Å². The molecule has 0 fully saturated rings. The van der Waals surface area contributed by atoms with Gasteiger partial charge in [-0.25, -0.2) is 0 Å². The second-order valence-electron chi connectivity index (χ2n) is 5.94. The van der Waals surface area contributed by atoms with E-state index in [9.17, 15) is 9.90 Å². The summed E-state index contributed by atoms with van der Waals surface area (Å²) >= 11 is 5.33. The van der Waals surface area contributed by atoms with E-state index in [0.29, 0.717) is 6.42 Å². The van der Waals surface area contributed by atoms with Gasteiger partial charge in [0.05, 0.1) is 0 Å². The number of alkyl halides is 1. The molecule has 2 unspecified atom stereocenters. The molecule has 0 spiro atoms. The van der Waals surface area contributed by atoms with Crippen molar-refractivity contribution in [3.8, 4) is 0 Å². The summed E-state index contributed by atoms with van der Waals surface area (Å²) < 4.78 is 0. The van der Waals surface area contributed by atoms with Crippen molar-refractivity contribution in [3.05, 3.63) is 0 Å². The Morgan fingerprint density at radius 1 is 0.857 bits per heavy atom. The summed E-state index contributed by atoms with van der Waals surface area (Å²) in [6, 6.07) is 0. The molecule has 2 N–H and O–H groups in total. The van der Waals surface area contributed by atoms with Gasteiger partial charge in [-0.05, 0) is 6.42 Å². The average molecular weight is 321 g/mol. The van der Waals surface area contributed by atoms with Gasteiger partial charge in [0.1, 0.15) is 11.7 Å². The number of unbranched alkanes of at least 4 members (excludes halogenated alkanes) is 10. The van der Waals surface area contributed by atoms with Crippen LogP contribution >= 0.6 is 11.6 Å². The van der Waals surface area contributed by atoms with E-state index in [4.69, 9.17) is 16.7 Å². The normalized spacial score (nSPS) is 14.1. The number of rotatable bonds is 15. The van der Waals surface area contributed by atoms with E-state index in [2.05, 4.69) is 6.92 Å². The molecule has 0 aliphatic heterocycles. The third kappa shape index (κ3) is 14.6. The molecule has 0 aliphatic carbocycles. The number of ketones is 1. The SMILES string of the molecule is CCCCCCCCCCCCCC(=O)C(O)CC(O)Cl. The molecule has 2 atom stereocenters. The molecular weight excluding hydrogens is 288 g/mol. The molecule has 21 heavy (non-hydrogen) atoms. The standard InChI is InChI=1S/C17H33ClO3/c1-2-3-4-5-6-7-8-9-10-11-12-13-15(19)16(20)14-17(18)21/h16-17,20-21H,2-14H2,1H3. The Balaban J connectivity index is 3.26. The fourth-order valence-electron chi connectivity index (χ4n) is 2.45. The van der Waals surface area contributed by atoms with Crippen molar-refractivity contribution in [1.29, 1.82) is 0 Å². The number of hydrogen-bond acceptors (Lipinski definition) is 3. The van der Waals surface area contributed by atoms with Gasteiger partial charge in [0.2, 0.25) is 0 Å². The number of aliphatic hydroxyl groups excluding tert-OH is 2. The molecular formula is C17H33ClO3. The zero-order valence-corrected chi connectivity index (χ0v) is 14.3. The summed E-state index contributed by atoms with van der Waals surface area (Å²) in [7, 11) is 0. The van der Waals surface area contributed by atoms with Crippen molar-refractivity contribution in [2.45, 2.75) is 102 Å². The minimum absolute atomic E-state index is 0.0710. The fraction of sp³-hybridized carbons (Fsp3) is 0.941. The Morgan fingerprint density at radius 2 is 1.29 bits per heavy atom. The summed E-state index contributed by atoms with van der Waals surface area (Å²) in [5, 5.41) is 18.3. The number of hydrogen-bond donors (Lipinski definition) is 2. The summed E-state index contributed by atoms with van der Waals surface area (Å²) in [6.07, 6.45) is 12.9. The molecule has 0 aromatic heterocycles. The summed E-state index contributed by atoms with van der Waals surface area (Å²) in [4.78, 5) is 11.5. The van der Waals surface area contributed by atoms with Crippen LogP contribution in [-0.2, 0) is 4.79 Å². The molecule has 0 saturated heterocycles. The van der Waals surface area contributed by atoms with Crippen LogP contribution in [0.4, 0.5) is 0 Å². The minimum atomic E-state index is -1.14. The van der Waals surface area contributed by atoms with Crippen LogP contribution in [0.15, 0.2) is 0 Å². The minimum Gasteiger partial charge on any atom is -0.385 e. The average Bonchev–Trinajstić information content (AvgIpc) is 2.43. The van der Waals surface area contributed by atoms with Crippen LogP contribution in [0, 0.1) is 0 Å². The van der Waals surface area contributed by atoms with E-state index in [1.165, 1.54) is 51.4 Å². The van der Waals surface area contributed by atoms with Gasteiger partial charge < -0.3 is 10.2 Å². The number of carbonyl (C=O) groups is 1. The van der Waals surface area contributed by atoms with Crippen LogP contribution < -0.4 is 0 Å². The van der Waals surface area contributed by atoms with E-state index in [1.807, 2.05) is 0 Å². The van der Waals surface area contributed by atoms with Gasteiger partial charge in [-0.3, -0.25) is 4.79 Å². The highest BCUT2D eigenvalue weighted by molar-refractivity contribution is 6.19. The van der Waals surface area contributed by atoms with Crippen molar-refractivity contribution in [3.63, 3.8) is 0 Å². The lowest BCUT2D eigenvalue weighted by Crippen LogP contribution is -2.23. The second kappa shape index (κ2) is 14.8. The van der Waals surface area contributed by atoms with Gasteiger partial charge in [0, 0.05) is 12.8 Å². The lowest BCUT2D eigenvalue weighted by molar-refractivity contribution is -0.128. The molecule has 0 rings (SSSR count). The summed E-state index contributed by atoms with van der Waals surface area (Å²) in [5.74, 6) is -0.203. The van der Waals surface area contributed by atoms with Crippen molar-refractivity contribution in [2.24, 2.45) is 0 Å². The van der Waals surface area contributed by atoms with Crippen molar-refractivity contribution in [2.75, 3.05) is 0 Å². The Kier molecular flexibility index (Phi) is 14.7. The van der Waals surface area contributed by atoms with Crippen molar-refractivity contribution in [1.82, 2.24) is 0 Å². The highest BCUT2D eigenvalue weighted by atomic mass is 35.5.